The Morgan fingerprint density at radius 1 is 1.50 bits per heavy atom. The second-order valence-corrected chi connectivity index (χ2v) is 7.60. The maximum absolute atomic E-state index is 12.3. The van der Waals surface area contributed by atoms with Crippen LogP contribution in [0.25, 0.3) is 0 Å². The summed E-state index contributed by atoms with van der Waals surface area (Å²) >= 11 is 3.26. The number of hydrogen-bond donors (Lipinski definition) is 1. The highest BCUT2D eigenvalue weighted by Crippen LogP contribution is 2.24. The van der Waals surface area contributed by atoms with Gasteiger partial charge in [0.05, 0.1) is 11.3 Å². The van der Waals surface area contributed by atoms with Gasteiger partial charge in [-0.3, -0.25) is 4.72 Å². The summed E-state index contributed by atoms with van der Waals surface area (Å²) in [6.07, 6.45) is 1.92. The van der Waals surface area contributed by atoms with Gasteiger partial charge in [-0.15, -0.1) is 0 Å². The van der Waals surface area contributed by atoms with Gasteiger partial charge in [0, 0.05) is 17.6 Å². The van der Waals surface area contributed by atoms with E-state index >= 15 is 0 Å². The maximum atomic E-state index is 12.3. The van der Waals surface area contributed by atoms with Crippen LogP contribution in [0.1, 0.15) is 25.3 Å². The summed E-state index contributed by atoms with van der Waals surface area (Å²) in [7, 11) is -3.60. The first-order chi connectivity index (χ1) is 9.42. The Balaban J connectivity index is 2.22. The van der Waals surface area contributed by atoms with Gasteiger partial charge in [0.2, 0.25) is 0 Å². The van der Waals surface area contributed by atoms with E-state index in [4.69, 9.17) is 5.26 Å². The first-order valence-corrected chi connectivity index (χ1v) is 8.63. The minimum atomic E-state index is -3.60. The lowest BCUT2D eigenvalue weighted by atomic mass is 10.0. The van der Waals surface area contributed by atoms with Crippen molar-refractivity contribution in [2.75, 3.05) is 17.8 Å². The average molecular weight is 358 g/mol. The number of piperidine rings is 1. The Kier molecular flexibility index (Phi) is 4.68. The fraction of sp³-hybridized carbons (Fsp3) is 0.462. The second kappa shape index (κ2) is 6.12. The lowest BCUT2D eigenvalue weighted by molar-refractivity contribution is 0.282. The molecule has 7 heteroatoms. The third-order valence-corrected chi connectivity index (χ3v) is 5.28. The predicted octanol–water partition coefficient (Wildman–Crippen LogP) is 2.71. The van der Waals surface area contributed by atoms with Gasteiger partial charge in [-0.05, 0) is 37.0 Å². The Labute approximate surface area is 127 Å². The van der Waals surface area contributed by atoms with E-state index in [1.165, 1.54) is 4.31 Å². The highest BCUT2D eigenvalue weighted by atomic mass is 79.9. The Bertz CT molecular complexity index is 640. The average Bonchev–Trinajstić information content (AvgIpc) is 2.40. The second-order valence-electron chi connectivity index (χ2n) is 5.01. The van der Waals surface area contributed by atoms with Gasteiger partial charge in [-0.1, -0.05) is 22.9 Å². The fourth-order valence-electron chi connectivity index (χ4n) is 2.27. The molecule has 0 aromatic heterocycles. The van der Waals surface area contributed by atoms with E-state index in [1.807, 2.05) is 13.0 Å². The molecule has 20 heavy (non-hydrogen) atoms. The molecule has 1 aliphatic rings. The molecule has 1 aliphatic heterocycles. The summed E-state index contributed by atoms with van der Waals surface area (Å²) in [5, 5.41) is 9.07. The van der Waals surface area contributed by atoms with Crippen molar-refractivity contribution in [1.82, 2.24) is 4.31 Å². The summed E-state index contributed by atoms with van der Waals surface area (Å²) < 4.78 is 29.4. The molecule has 1 aromatic carbocycles. The zero-order chi connectivity index (χ0) is 14.8. The molecule has 108 valence electrons. The molecule has 0 amide bonds. The van der Waals surface area contributed by atoms with Gasteiger partial charge in [0.15, 0.2) is 0 Å². The van der Waals surface area contributed by atoms with Gasteiger partial charge in [0.1, 0.15) is 6.07 Å². The van der Waals surface area contributed by atoms with Crippen LogP contribution in [0.2, 0.25) is 0 Å². The van der Waals surface area contributed by atoms with Crippen LogP contribution in [0, 0.1) is 17.2 Å². The summed E-state index contributed by atoms with van der Waals surface area (Å²) in [6, 6.07) is 6.89. The SMILES string of the molecule is CC1CCCN(S(=O)(=O)Nc2ccc(Br)cc2C#N)C1. The molecule has 1 N–H and O–H groups in total. The number of nitriles is 1. The number of halogens is 1. The number of benzene rings is 1. The van der Waals surface area contributed by atoms with E-state index in [1.54, 1.807) is 18.2 Å². The molecule has 5 nitrogen and oxygen atoms in total. The molecular weight excluding hydrogens is 342 g/mol. The summed E-state index contributed by atoms with van der Waals surface area (Å²) in [5.41, 5.74) is 0.613. The third kappa shape index (κ3) is 3.51. The highest BCUT2D eigenvalue weighted by molar-refractivity contribution is 9.10. The van der Waals surface area contributed by atoms with E-state index in [9.17, 15) is 8.42 Å². The minimum absolute atomic E-state index is 0.299. The van der Waals surface area contributed by atoms with E-state index < -0.39 is 10.2 Å². The largest absolute Gasteiger partial charge is 0.301 e. The van der Waals surface area contributed by atoms with Crippen LogP contribution in [0.4, 0.5) is 5.69 Å². The van der Waals surface area contributed by atoms with Crippen molar-refractivity contribution in [3.63, 3.8) is 0 Å². The van der Waals surface area contributed by atoms with Crippen molar-refractivity contribution in [2.24, 2.45) is 5.92 Å². The van der Waals surface area contributed by atoms with Gasteiger partial charge < -0.3 is 0 Å². The molecule has 1 unspecified atom stereocenters. The summed E-state index contributed by atoms with van der Waals surface area (Å²) in [6.45, 7) is 3.09. The molecule has 1 fully saturated rings. The van der Waals surface area contributed by atoms with Crippen LogP contribution in [0.5, 0.6) is 0 Å². The van der Waals surface area contributed by atoms with Crippen LogP contribution in [0.3, 0.4) is 0 Å². The van der Waals surface area contributed by atoms with Gasteiger partial charge in [0.25, 0.3) is 0 Å². The van der Waals surface area contributed by atoms with Crippen LogP contribution in [-0.2, 0) is 10.2 Å². The first-order valence-electron chi connectivity index (χ1n) is 6.40. The van der Waals surface area contributed by atoms with Crippen molar-refractivity contribution < 1.29 is 8.42 Å². The molecule has 1 atom stereocenters. The van der Waals surface area contributed by atoms with E-state index in [0.717, 1.165) is 17.3 Å². The van der Waals surface area contributed by atoms with Crippen molar-refractivity contribution in [3.05, 3.63) is 28.2 Å². The van der Waals surface area contributed by atoms with Crippen molar-refractivity contribution in [3.8, 4) is 6.07 Å². The third-order valence-electron chi connectivity index (χ3n) is 3.30. The normalized spacial score (nSPS) is 20.4. The van der Waals surface area contributed by atoms with Gasteiger partial charge in [-0.25, -0.2) is 0 Å². The Morgan fingerprint density at radius 3 is 2.90 bits per heavy atom. The van der Waals surface area contributed by atoms with Crippen molar-refractivity contribution >= 4 is 31.8 Å². The Morgan fingerprint density at radius 2 is 2.25 bits per heavy atom. The first kappa shape index (κ1) is 15.3. The lowest BCUT2D eigenvalue weighted by Gasteiger charge is -2.30. The molecule has 1 heterocycles. The molecule has 0 aliphatic carbocycles. The highest BCUT2D eigenvalue weighted by Gasteiger charge is 2.27. The van der Waals surface area contributed by atoms with E-state index in [0.29, 0.717) is 30.3 Å². The predicted molar refractivity (Wildman–Crippen MR) is 81.4 cm³/mol. The maximum Gasteiger partial charge on any atom is 0.301 e. The monoisotopic (exact) mass is 357 g/mol. The van der Waals surface area contributed by atoms with Crippen LogP contribution in [0.15, 0.2) is 22.7 Å². The molecule has 0 spiro atoms. The topological polar surface area (TPSA) is 73.2 Å². The smallest absolute Gasteiger partial charge is 0.270 e. The Hall–Kier alpha value is -1.10. The molecule has 1 saturated heterocycles. The lowest BCUT2D eigenvalue weighted by Crippen LogP contribution is -2.42. The van der Waals surface area contributed by atoms with E-state index in [2.05, 4.69) is 20.7 Å². The van der Waals surface area contributed by atoms with Crippen LogP contribution in [-0.4, -0.2) is 25.8 Å². The van der Waals surface area contributed by atoms with Crippen LogP contribution < -0.4 is 4.72 Å². The van der Waals surface area contributed by atoms with Gasteiger partial charge >= 0.3 is 10.2 Å². The molecule has 0 radical (unpaired) electrons. The number of anilines is 1. The number of nitrogens with zero attached hydrogens (tertiary/aromatic N) is 2. The van der Waals surface area contributed by atoms with E-state index in [-0.39, 0.29) is 0 Å². The molecule has 2 rings (SSSR count). The zero-order valence-corrected chi connectivity index (χ0v) is 13.5. The minimum Gasteiger partial charge on any atom is -0.270 e. The molecule has 0 saturated carbocycles. The molecular formula is C13H16BrN3O2S. The fourth-order valence-corrected chi connectivity index (χ4v) is 4.03. The quantitative estimate of drug-likeness (QED) is 0.903. The summed E-state index contributed by atoms with van der Waals surface area (Å²) in [4.78, 5) is 0. The van der Waals surface area contributed by atoms with Crippen molar-refractivity contribution in [2.45, 2.75) is 19.8 Å². The van der Waals surface area contributed by atoms with Gasteiger partial charge in [-0.2, -0.15) is 18.0 Å². The number of nitrogens with one attached hydrogen (secondary N) is 1. The standard InChI is InChI=1S/C13H16BrN3O2S/c1-10-3-2-6-17(9-10)20(18,19)16-13-5-4-12(14)7-11(13)8-15/h4-5,7,10,16H,2-3,6,9H2,1H3. The molecule has 1 aromatic rings. The zero-order valence-electron chi connectivity index (χ0n) is 11.1. The van der Waals surface area contributed by atoms with Crippen molar-refractivity contribution in [1.29, 1.82) is 5.26 Å². The summed E-state index contributed by atoms with van der Waals surface area (Å²) in [5.74, 6) is 0.362. The number of rotatable bonds is 3. The van der Waals surface area contributed by atoms with Crippen LogP contribution >= 0.6 is 15.9 Å². The molecule has 0 bridgehead atoms. The number of hydrogen-bond acceptors (Lipinski definition) is 3.